The average molecular weight is 305 g/mol. The molecule has 1 aromatic carbocycles. The summed E-state index contributed by atoms with van der Waals surface area (Å²) in [5.41, 5.74) is 1.23. The smallest absolute Gasteiger partial charge is 0.185 e. The average Bonchev–Trinajstić information content (AvgIpc) is 2.96. The van der Waals surface area contributed by atoms with E-state index in [-0.39, 0.29) is 0 Å². The first-order valence-corrected chi connectivity index (χ1v) is 7.91. The fraction of sp³-hybridized carbons (Fsp3) is 0.438. The lowest BCUT2D eigenvalue weighted by Gasteiger charge is -2.25. The molecule has 0 saturated carbocycles. The van der Waals surface area contributed by atoms with Crippen LogP contribution in [0.5, 0.6) is 5.75 Å². The highest BCUT2D eigenvalue weighted by molar-refractivity contribution is 7.15. The fourth-order valence-corrected chi connectivity index (χ4v) is 3.22. The van der Waals surface area contributed by atoms with Gasteiger partial charge >= 0.3 is 0 Å². The van der Waals surface area contributed by atoms with Gasteiger partial charge in [-0.2, -0.15) is 0 Å². The van der Waals surface area contributed by atoms with Crippen LogP contribution >= 0.6 is 11.3 Å². The molecule has 1 N–H and O–H groups in total. The van der Waals surface area contributed by atoms with E-state index in [9.17, 15) is 0 Å². The number of nitrogens with zero attached hydrogens (tertiary/aromatic N) is 2. The van der Waals surface area contributed by atoms with Gasteiger partial charge in [0.25, 0.3) is 0 Å². The van der Waals surface area contributed by atoms with Crippen molar-refractivity contribution in [3.8, 4) is 5.75 Å². The largest absolute Gasteiger partial charge is 0.496 e. The molecule has 0 spiro atoms. The van der Waals surface area contributed by atoms with Gasteiger partial charge < -0.3 is 15.0 Å². The highest BCUT2D eigenvalue weighted by atomic mass is 32.1. The van der Waals surface area contributed by atoms with E-state index in [1.807, 2.05) is 25.4 Å². The Morgan fingerprint density at radius 1 is 1.38 bits per heavy atom. The normalized spacial score (nSPS) is 12.2. The van der Waals surface area contributed by atoms with E-state index in [1.54, 1.807) is 18.4 Å². The van der Waals surface area contributed by atoms with Crippen LogP contribution in [-0.2, 0) is 13.0 Å². The van der Waals surface area contributed by atoms with E-state index < -0.39 is 0 Å². The monoisotopic (exact) mass is 305 g/mol. The molecule has 0 amide bonds. The second-order valence-corrected chi connectivity index (χ2v) is 6.21. The minimum absolute atomic E-state index is 0.356. The zero-order chi connectivity index (χ0) is 15.2. The van der Waals surface area contributed by atoms with Crippen molar-refractivity contribution in [3.63, 3.8) is 0 Å². The van der Waals surface area contributed by atoms with Crippen molar-refractivity contribution < 1.29 is 4.74 Å². The van der Waals surface area contributed by atoms with Crippen LogP contribution in [0.3, 0.4) is 0 Å². The maximum absolute atomic E-state index is 5.43. The molecule has 1 heterocycles. The van der Waals surface area contributed by atoms with Crippen molar-refractivity contribution >= 4 is 16.5 Å². The van der Waals surface area contributed by atoms with Gasteiger partial charge in [0, 0.05) is 30.7 Å². The molecule has 1 aromatic heterocycles. The van der Waals surface area contributed by atoms with Crippen LogP contribution < -0.4 is 15.0 Å². The molecule has 2 aromatic rings. The van der Waals surface area contributed by atoms with E-state index in [2.05, 4.69) is 41.3 Å². The van der Waals surface area contributed by atoms with Gasteiger partial charge in [0.15, 0.2) is 5.13 Å². The number of nitrogens with one attached hydrogen (secondary N) is 1. The molecule has 2 rings (SSSR count). The topological polar surface area (TPSA) is 37.4 Å². The highest BCUT2D eigenvalue weighted by Gasteiger charge is 2.15. The molecule has 114 valence electrons. The van der Waals surface area contributed by atoms with E-state index in [1.165, 1.54) is 10.4 Å². The fourth-order valence-electron chi connectivity index (χ4n) is 2.23. The van der Waals surface area contributed by atoms with Crippen molar-refractivity contribution in [2.75, 3.05) is 26.1 Å². The third kappa shape index (κ3) is 3.95. The van der Waals surface area contributed by atoms with Gasteiger partial charge in [0.05, 0.1) is 7.11 Å². The molecule has 0 bridgehead atoms. The second-order valence-electron chi connectivity index (χ2n) is 5.12. The number of methoxy groups -OCH3 is 1. The van der Waals surface area contributed by atoms with Gasteiger partial charge in [0.2, 0.25) is 0 Å². The molecule has 1 unspecified atom stereocenters. The quantitative estimate of drug-likeness (QED) is 0.853. The van der Waals surface area contributed by atoms with Crippen LogP contribution in [0.25, 0.3) is 0 Å². The number of thiazole rings is 1. The number of aromatic nitrogens is 1. The third-order valence-corrected chi connectivity index (χ3v) is 4.65. The summed E-state index contributed by atoms with van der Waals surface area (Å²) in [6.07, 6.45) is 2.88. The zero-order valence-electron chi connectivity index (χ0n) is 13.1. The summed E-state index contributed by atoms with van der Waals surface area (Å²) in [5, 5.41) is 4.21. The van der Waals surface area contributed by atoms with E-state index >= 15 is 0 Å². The number of hydrogen-bond donors (Lipinski definition) is 1. The molecule has 5 heteroatoms. The minimum Gasteiger partial charge on any atom is -0.496 e. The Labute approximate surface area is 130 Å². The zero-order valence-corrected chi connectivity index (χ0v) is 13.9. The maximum atomic E-state index is 5.43. The Bertz CT molecular complexity index is 570. The molecular weight excluding hydrogens is 282 g/mol. The van der Waals surface area contributed by atoms with E-state index in [0.29, 0.717) is 6.04 Å². The van der Waals surface area contributed by atoms with Crippen molar-refractivity contribution in [2.45, 2.75) is 25.9 Å². The Hall–Kier alpha value is -1.59. The molecule has 0 radical (unpaired) electrons. The molecule has 0 fully saturated rings. The van der Waals surface area contributed by atoms with Crippen LogP contribution in [0, 0.1) is 0 Å². The standard InChI is InChI=1S/C16H23N3OS/c1-12(9-13-7-5-6-8-15(13)20-4)19(3)16-18-11-14(21-16)10-17-2/h5-8,11-12,17H,9-10H2,1-4H3. The number of ether oxygens (including phenoxy) is 1. The summed E-state index contributed by atoms with van der Waals surface area (Å²) in [4.78, 5) is 8.00. The summed E-state index contributed by atoms with van der Waals surface area (Å²) in [7, 11) is 5.77. The van der Waals surface area contributed by atoms with Crippen molar-refractivity contribution in [1.29, 1.82) is 0 Å². The van der Waals surface area contributed by atoms with Crippen molar-refractivity contribution in [3.05, 3.63) is 40.9 Å². The van der Waals surface area contributed by atoms with Crippen LogP contribution in [0.15, 0.2) is 30.5 Å². The second kappa shape index (κ2) is 7.43. The van der Waals surface area contributed by atoms with Crippen LogP contribution in [-0.4, -0.2) is 32.2 Å². The number of para-hydroxylation sites is 1. The molecule has 0 aliphatic heterocycles. The number of benzene rings is 1. The van der Waals surface area contributed by atoms with Crippen molar-refractivity contribution in [1.82, 2.24) is 10.3 Å². The number of likely N-dealkylation sites (N-methyl/N-ethyl adjacent to an activating group) is 1. The molecular formula is C16H23N3OS. The highest BCUT2D eigenvalue weighted by Crippen LogP contribution is 2.26. The van der Waals surface area contributed by atoms with Crippen LogP contribution in [0.4, 0.5) is 5.13 Å². The number of hydrogen-bond acceptors (Lipinski definition) is 5. The summed E-state index contributed by atoms with van der Waals surface area (Å²) in [5.74, 6) is 0.952. The Morgan fingerprint density at radius 2 is 2.14 bits per heavy atom. The molecule has 0 aliphatic rings. The number of anilines is 1. The minimum atomic E-state index is 0.356. The Kier molecular flexibility index (Phi) is 5.59. The molecule has 4 nitrogen and oxygen atoms in total. The van der Waals surface area contributed by atoms with E-state index in [4.69, 9.17) is 4.74 Å². The summed E-state index contributed by atoms with van der Waals surface area (Å²) in [6.45, 7) is 3.08. The number of rotatable bonds is 7. The first-order chi connectivity index (χ1) is 10.2. The Balaban J connectivity index is 2.06. The van der Waals surface area contributed by atoms with Gasteiger partial charge in [0.1, 0.15) is 5.75 Å². The SMILES string of the molecule is CNCc1cnc(N(C)C(C)Cc2ccccc2OC)s1. The molecule has 0 saturated heterocycles. The van der Waals surface area contributed by atoms with E-state index in [0.717, 1.165) is 23.8 Å². The van der Waals surface area contributed by atoms with Gasteiger partial charge in [-0.3, -0.25) is 0 Å². The first kappa shape index (κ1) is 15.8. The lowest BCUT2D eigenvalue weighted by atomic mass is 10.1. The van der Waals surface area contributed by atoms with Gasteiger partial charge in [-0.1, -0.05) is 18.2 Å². The summed E-state index contributed by atoms with van der Waals surface area (Å²) in [6, 6.07) is 8.55. The predicted octanol–water partition coefficient (Wildman–Crippen LogP) is 2.94. The molecule has 1 atom stereocenters. The third-order valence-electron chi connectivity index (χ3n) is 3.56. The maximum Gasteiger partial charge on any atom is 0.185 e. The molecule has 0 aliphatic carbocycles. The lowest BCUT2D eigenvalue weighted by Crippen LogP contribution is -2.30. The first-order valence-electron chi connectivity index (χ1n) is 7.09. The predicted molar refractivity (Wildman–Crippen MR) is 89.4 cm³/mol. The van der Waals surface area contributed by atoms with Gasteiger partial charge in [-0.05, 0) is 32.0 Å². The molecule has 21 heavy (non-hydrogen) atoms. The van der Waals surface area contributed by atoms with Crippen LogP contribution in [0.1, 0.15) is 17.4 Å². The van der Waals surface area contributed by atoms with Crippen molar-refractivity contribution in [2.24, 2.45) is 0 Å². The van der Waals surface area contributed by atoms with Gasteiger partial charge in [-0.25, -0.2) is 4.98 Å². The summed E-state index contributed by atoms with van der Waals surface area (Å²) >= 11 is 1.74. The lowest BCUT2D eigenvalue weighted by molar-refractivity contribution is 0.408. The Morgan fingerprint density at radius 3 is 2.86 bits per heavy atom. The van der Waals surface area contributed by atoms with Gasteiger partial charge in [-0.15, -0.1) is 11.3 Å². The van der Waals surface area contributed by atoms with Crippen LogP contribution in [0.2, 0.25) is 0 Å². The summed E-state index contributed by atoms with van der Waals surface area (Å²) < 4.78 is 5.43.